The summed E-state index contributed by atoms with van der Waals surface area (Å²) in [5, 5.41) is 3.10. The van der Waals surface area contributed by atoms with Crippen molar-refractivity contribution >= 4 is 21.6 Å². The van der Waals surface area contributed by atoms with Crippen molar-refractivity contribution in [3.63, 3.8) is 0 Å². The van der Waals surface area contributed by atoms with Crippen LogP contribution in [0.2, 0.25) is 0 Å². The van der Waals surface area contributed by atoms with Gasteiger partial charge in [0.05, 0.1) is 11.4 Å². The minimum atomic E-state index is -3.76. The van der Waals surface area contributed by atoms with E-state index in [4.69, 9.17) is 0 Å². The average molecular weight is 405 g/mol. The predicted octanol–water partition coefficient (Wildman–Crippen LogP) is 2.33. The van der Waals surface area contributed by atoms with Gasteiger partial charge in [-0.25, -0.2) is 12.8 Å². The number of halogens is 1. The van der Waals surface area contributed by atoms with Crippen LogP contribution >= 0.6 is 0 Å². The number of anilines is 1. The van der Waals surface area contributed by atoms with Gasteiger partial charge in [-0.05, 0) is 42.3 Å². The molecule has 0 unspecified atom stereocenters. The summed E-state index contributed by atoms with van der Waals surface area (Å²) < 4.78 is 39.9. The summed E-state index contributed by atoms with van der Waals surface area (Å²) in [6.07, 6.45) is 0.960. The van der Waals surface area contributed by atoms with Gasteiger partial charge >= 0.3 is 0 Å². The zero-order valence-corrected chi connectivity index (χ0v) is 16.6. The van der Waals surface area contributed by atoms with Crippen molar-refractivity contribution in [3.8, 4) is 0 Å². The molecule has 0 spiro atoms. The molecule has 0 atom stereocenters. The number of carbonyl (C=O) groups is 1. The smallest absolute Gasteiger partial charge is 0.243 e. The van der Waals surface area contributed by atoms with Crippen molar-refractivity contribution in [1.29, 1.82) is 0 Å². The highest BCUT2D eigenvalue weighted by Gasteiger charge is 2.30. The van der Waals surface area contributed by atoms with Crippen molar-refractivity contribution in [1.82, 2.24) is 9.21 Å². The Morgan fingerprint density at radius 1 is 1.07 bits per heavy atom. The molecule has 1 heterocycles. The van der Waals surface area contributed by atoms with E-state index in [0.717, 1.165) is 18.2 Å². The van der Waals surface area contributed by atoms with E-state index in [1.165, 1.54) is 28.1 Å². The molecule has 1 N–H and O–H groups in total. The number of benzene rings is 2. The van der Waals surface area contributed by atoms with E-state index >= 15 is 0 Å². The quantitative estimate of drug-likeness (QED) is 0.801. The molecule has 2 aromatic rings. The number of aryl methyl sites for hydroxylation is 1. The van der Waals surface area contributed by atoms with Crippen LogP contribution in [0.1, 0.15) is 12.5 Å². The number of carbonyl (C=O) groups excluding carboxylic acids is 1. The first-order valence-electron chi connectivity index (χ1n) is 9.26. The molecule has 3 rings (SSSR count). The van der Waals surface area contributed by atoms with Gasteiger partial charge < -0.3 is 10.2 Å². The maximum atomic E-state index is 13.4. The molecule has 150 valence electrons. The molecular weight excluding hydrogens is 381 g/mol. The van der Waals surface area contributed by atoms with Crippen LogP contribution in [0, 0.1) is 5.82 Å². The number of sulfonamides is 1. The highest BCUT2D eigenvalue weighted by Crippen LogP contribution is 2.18. The fraction of sp³-hybridized carbons (Fsp3) is 0.350. The second-order valence-corrected chi connectivity index (χ2v) is 8.58. The van der Waals surface area contributed by atoms with Crippen LogP contribution in [-0.2, 0) is 21.2 Å². The van der Waals surface area contributed by atoms with Crippen LogP contribution < -0.4 is 5.32 Å². The normalized spacial score (nSPS) is 15.4. The Kier molecular flexibility index (Phi) is 6.31. The Labute approximate surface area is 165 Å². The van der Waals surface area contributed by atoms with E-state index in [1.807, 2.05) is 24.3 Å². The molecule has 1 aliphatic rings. The molecule has 0 bridgehead atoms. The third-order valence-electron chi connectivity index (χ3n) is 4.83. The lowest BCUT2D eigenvalue weighted by molar-refractivity contribution is -0.130. The van der Waals surface area contributed by atoms with Crippen LogP contribution in [0.15, 0.2) is 53.4 Å². The standard InChI is InChI=1S/C20H24FN3O3S/c1-2-16-6-8-18(9-7-16)22-15-20(25)23-10-12-24(13-11-23)28(26,27)19-5-3-4-17(21)14-19/h3-9,14,22H,2,10-13,15H2,1H3. The van der Waals surface area contributed by atoms with Gasteiger partial charge in [0.15, 0.2) is 0 Å². The number of nitrogens with one attached hydrogen (secondary N) is 1. The Morgan fingerprint density at radius 3 is 2.36 bits per heavy atom. The lowest BCUT2D eigenvalue weighted by Crippen LogP contribution is -2.51. The Balaban J connectivity index is 1.53. The van der Waals surface area contributed by atoms with Gasteiger partial charge in [-0.2, -0.15) is 4.31 Å². The molecule has 8 heteroatoms. The zero-order valence-electron chi connectivity index (χ0n) is 15.8. The number of amides is 1. The fourth-order valence-electron chi connectivity index (χ4n) is 3.10. The summed E-state index contributed by atoms with van der Waals surface area (Å²) in [5.41, 5.74) is 2.10. The zero-order chi connectivity index (χ0) is 20.1. The summed E-state index contributed by atoms with van der Waals surface area (Å²) in [4.78, 5) is 14.0. The van der Waals surface area contributed by atoms with Gasteiger partial charge in [-0.15, -0.1) is 0 Å². The number of hydrogen-bond acceptors (Lipinski definition) is 4. The van der Waals surface area contributed by atoms with Crippen molar-refractivity contribution in [2.45, 2.75) is 18.2 Å². The second-order valence-electron chi connectivity index (χ2n) is 6.65. The molecule has 1 aliphatic heterocycles. The highest BCUT2D eigenvalue weighted by atomic mass is 32.2. The summed E-state index contributed by atoms with van der Waals surface area (Å²) in [7, 11) is -3.76. The first-order valence-corrected chi connectivity index (χ1v) is 10.7. The minimum Gasteiger partial charge on any atom is -0.376 e. The SMILES string of the molecule is CCc1ccc(NCC(=O)N2CCN(S(=O)(=O)c3cccc(F)c3)CC2)cc1. The summed E-state index contributed by atoms with van der Waals surface area (Å²) in [6, 6.07) is 12.9. The second kappa shape index (κ2) is 8.70. The molecule has 2 aromatic carbocycles. The molecule has 1 amide bonds. The van der Waals surface area contributed by atoms with Crippen LogP contribution in [0.4, 0.5) is 10.1 Å². The number of rotatable bonds is 6. The van der Waals surface area contributed by atoms with Gasteiger partial charge in [-0.3, -0.25) is 4.79 Å². The third-order valence-corrected chi connectivity index (χ3v) is 6.73. The number of nitrogens with zero attached hydrogens (tertiary/aromatic N) is 2. The largest absolute Gasteiger partial charge is 0.376 e. The number of hydrogen-bond donors (Lipinski definition) is 1. The summed E-state index contributed by atoms with van der Waals surface area (Å²) in [6.45, 7) is 3.24. The lowest BCUT2D eigenvalue weighted by atomic mass is 10.1. The van der Waals surface area contributed by atoms with Crippen LogP contribution in [0.25, 0.3) is 0 Å². The van der Waals surface area contributed by atoms with E-state index in [1.54, 1.807) is 4.90 Å². The molecule has 0 aliphatic carbocycles. The van der Waals surface area contributed by atoms with Crippen LogP contribution in [-0.4, -0.2) is 56.3 Å². The monoisotopic (exact) mass is 405 g/mol. The van der Waals surface area contributed by atoms with E-state index in [-0.39, 0.29) is 30.4 Å². The Morgan fingerprint density at radius 2 is 1.75 bits per heavy atom. The average Bonchev–Trinajstić information content (AvgIpc) is 2.72. The van der Waals surface area contributed by atoms with E-state index in [2.05, 4.69) is 12.2 Å². The highest BCUT2D eigenvalue weighted by molar-refractivity contribution is 7.89. The number of piperazine rings is 1. The van der Waals surface area contributed by atoms with Gasteiger partial charge in [0.1, 0.15) is 5.82 Å². The van der Waals surface area contributed by atoms with Crippen LogP contribution in [0.3, 0.4) is 0 Å². The van der Waals surface area contributed by atoms with E-state index in [0.29, 0.717) is 13.1 Å². The van der Waals surface area contributed by atoms with Crippen molar-refractivity contribution in [3.05, 3.63) is 59.9 Å². The predicted molar refractivity (Wildman–Crippen MR) is 106 cm³/mol. The van der Waals surface area contributed by atoms with E-state index in [9.17, 15) is 17.6 Å². The Hall–Kier alpha value is -2.45. The Bertz CT molecular complexity index is 924. The van der Waals surface area contributed by atoms with Crippen molar-refractivity contribution in [2.24, 2.45) is 0 Å². The topological polar surface area (TPSA) is 69.7 Å². The molecule has 0 radical (unpaired) electrons. The molecule has 0 saturated carbocycles. The fourth-order valence-corrected chi connectivity index (χ4v) is 4.56. The molecule has 28 heavy (non-hydrogen) atoms. The van der Waals surface area contributed by atoms with Crippen molar-refractivity contribution in [2.75, 3.05) is 38.0 Å². The molecule has 1 saturated heterocycles. The molecule has 6 nitrogen and oxygen atoms in total. The first-order chi connectivity index (χ1) is 13.4. The van der Waals surface area contributed by atoms with E-state index < -0.39 is 15.8 Å². The summed E-state index contributed by atoms with van der Waals surface area (Å²) in [5.74, 6) is -0.671. The first kappa shape index (κ1) is 20.3. The third kappa shape index (κ3) is 4.69. The summed E-state index contributed by atoms with van der Waals surface area (Å²) >= 11 is 0. The van der Waals surface area contributed by atoms with Gasteiger partial charge in [0, 0.05) is 31.9 Å². The van der Waals surface area contributed by atoms with Crippen LogP contribution in [0.5, 0.6) is 0 Å². The minimum absolute atomic E-state index is 0.0653. The van der Waals surface area contributed by atoms with Gasteiger partial charge in [-0.1, -0.05) is 25.1 Å². The molecule has 1 fully saturated rings. The maximum absolute atomic E-state index is 13.4. The molecule has 0 aromatic heterocycles. The van der Waals surface area contributed by atoms with Gasteiger partial charge in [0.25, 0.3) is 0 Å². The lowest BCUT2D eigenvalue weighted by Gasteiger charge is -2.34. The van der Waals surface area contributed by atoms with Crippen molar-refractivity contribution < 1.29 is 17.6 Å². The van der Waals surface area contributed by atoms with Gasteiger partial charge in [0.2, 0.25) is 15.9 Å². The molecular formula is C20H24FN3O3S. The maximum Gasteiger partial charge on any atom is 0.243 e.